The van der Waals surface area contributed by atoms with E-state index in [9.17, 15) is 0 Å². The van der Waals surface area contributed by atoms with E-state index in [-0.39, 0.29) is 0 Å². The van der Waals surface area contributed by atoms with Crippen molar-refractivity contribution in [3.8, 4) is 0 Å². The fourth-order valence-corrected chi connectivity index (χ4v) is 1.38. The molecule has 0 radical (unpaired) electrons. The maximum Gasteiger partial charge on any atom is 0.200 e. The number of halogens is 1. The minimum atomic E-state index is 0.445. The van der Waals surface area contributed by atoms with Crippen molar-refractivity contribution in [3.05, 3.63) is 41.8 Å². The Balaban J connectivity index is 2.77. The Morgan fingerprint density at radius 2 is 2.25 bits per heavy atom. The zero-order valence-electron chi connectivity index (χ0n) is 6.38. The zero-order valence-corrected chi connectivity index (χ0v) is 7.14. The normalized spacial score (nSPS) is 10.4. The summed E-state index contributed by atoms with van der Waals surface area (Å²) in [6.45, 7) is 3.68. The fraction of sp³-hybridized carbons (Fsp3) is 0. The maximum absolute atomic E-state index is 5.78. The Kier molecular flexibility index (Phi) is 1.66. The number of hydrogen-bond acceptors (Lipinski definition) is 1. The second-order valence-corrected chi connectivity index (χ2v) is 2.90. The second kappa shape index (κ2) is 2.68. The summed E-state index contributed by atoms with van der Waals surface area (Å²) < 4.78 is 5.05. The third kappa shape index (κ3) is 1.03. The molecule has 1 heterocycles. The van der Waals surface area contributed by atoms with Gasteiger partial charge in [-0.3, -0.25) is 0 Å². The van der Waals surface area contributed by atoms with Gasteiger partial charge in [0.15, 0.2) is 0 Å². The molecule has 0 saturated carbocycles. The summed E-state index contributed by atoms with van der Waals surface area (Å²) >= 11 is 5.78. The highest BCUT2D eigenvalue weighted by Gasteiger charge is 2.01. The van der Waals surface area contributed by atoms with Gasteiger partial charge in [0.25, 0.3) is 0 Å². The molecule has 1 nitrogen and oxygen atoms in total. The van der Waals surface area contributed by atoms with Crippen molar-refractivity contribution >= 4 is 28.4 Å². The summed E-state index contributed by atoms with van der Waals surface area (Å²) in [5.74, 6) is 0. The van der Waals surface area contributed by atoms with Gasteiger partial charge in [-0.25, -0.2) is 0 Å². The van der Waals surface area contributed by atoms with Crippen LogP contribution in [0.25, 0.3) is 16.8 Å². The largest absolute Gasteiger partial charge is 0.452 e. The van der Waals surface area contributed by atoms with E-state index in [1.165, 1.54) is 0 Å². The van der Waals surface area contributed by atoms with Crippen LogP contribution in [0.1, 0.15) is 5.56 Å². The molecular weight excluding hydrogens is 172 g/mol. The Morgan fingerprint density at radius 1 is 1.42 bits per heavy atom. The van der Waals surface area contributed by atoms with Crippen LogP contribution in [-0.2, 0) is 0 Å². The van der Waals surface area contributed by atoms with Gasteiger partial charge >= 0.3 is 0 Å². The summed E-state index contributed by atoms with van der Waals surface area (Å²) in [4.78, 5) is 0. The first-order valence-electron chi connectivity index (χ1n) is 3.60. The smallest absolute Gasteiger partial charge is 0.200 e. The van der Waals surface area contributed by atoms with Gasteiger partial charge in [0.05, 0.1) is 0 Å². The Morgan fingerprint density at radius 3 is 3.00 bits per heavy atom. The molecule has 0 N–H and O–H groups in total. The average Bonchev–Trinajstić information content (AvgIpc) is 2.47. The molecule has 0 aliphatic carbocycles. The molecule has 1 aromatic heterocycles. The topological polar surface area (TPSA) is 13.1 Å². The van der Waals surface area contributed by atoms with Crippen LogP contribution in [0.4, 0.5) is 0 Å². The monoisotopic (exact) mass is 178 g/mol. The lowest BCUT2D eigenvalue weighted by Crippen LogP contribution is -1.69. The van der Waals surface area contributed by atoms with Crippen molar-refractivity contribution < 1.29 is 4.42 Å². The van der Waals surface area contributed by atoms with Crippen LogP contribution >= 0.6 is 11.6 Å². The van der Waals surface area contributed by atoms with Crippen molar-refractivity contribution in [3.63, 3.8) is 0 Å². The van der Waals surface area contributed by atoms with Gasteiger partial charge < -0.3 is 4.42 Å². The molecular formula is C10H7ClO. The third-order valence-electron chi connectivity index (χ3n) is 1.81. The minimum Gasteiger partial charge on any atom is -0.452 e. The van der Waals surface area contributed by atoms with Crippen molar-refractivity contribution in [2.75, 3.05) is 0 Å². The van der Waals surface area contributed by atoms with Gasteiger partial charge in [-0.1, -0.05) is 18.7 Å². The first kappa shape index (κ1) is 7.44. The summed E-state index contributed by atoms with van der Waals surface area (Å²) in [6, 6.07) is 5.87. The van der Waals surface area contributed by atoms with E-state index in [1.54, 1.807) is 12.3 Å². The number of furan rings is 1. The first-order chi connectivity index (χ1) is 5.81. The van der Waals surface area contributed by atoms with E-state index in [0.29, 0.717) is 5.22 Å². The van der Waals surface area contributed by atoms with Crippen LogP contribution in [0, 0.1) is 0 Å². The molecule has 0 spiro atoms. The zero-order chi connectivity index (χ0) is 8.55. The molecule has 2 rings (SSSR count). The lowest BCUT2D eigenvalue weighted by atomic mass is 10.1. The van der Waals surface area contributed by atoms with Crippen molar-refractivity contribution in [1.29, 1.82) is 0 Å². The number of fused-ring (bicyclic) bond motifs is 1. The Bertz CT molecular complexity index is 428. The third-order valence-corrected chi connectivity index (χ3v) is 2.11. The molecule has 0 aliphatic heterocycles. The Hall–Kier alpha value is -1.21. The first-order valence-corrected chi connectivity index (χ1v) is 3.98. The molecule has 12 heavy (non-hydrogen) atoms. The lowest BCUT2D eigenvalue weighted by Gasteiger charge is -1.91. The van der Waals surface area contributed by atoms with Crippen LogP contribution in [0.3, 0.4) is 0 Å². The second-order valence-electron chi connectivity index (χ2n) is 2.56. The van der Waals surface area contributed by atoms with Crippen molar-refractivity contribution in [1.82, 2.24) is 0 Å². The summed E-state index contributed by atoms with van der Waals surface area (Å²) in [7, 11) is 0. The lowest BCUT2D eigenvalue weighted by molar-refractivity contribution is 0.574. The van der Waals surface area contributed by atoms with Gasteiger partial charge in [-0.05, 0) is 29.3 Å². The summed E-state index contributed by atoms with van der Waals surface area (Å²) in [6.07, 6.45) is 3.44. The summed E-state index contributed by atoms with van der Waals surface area (Å²) in [5.41, 5.74) is 1.07. The van der Waals surface area contributed by atoms with Crippen LogP contribution in [0.2, 0.25) is 5.22 Å². The quantitative estimate of drug-likeness (QED) is 0.649. The molecule has 0 fully saturated rings. The van der Waals surface area contributed by atoms with E-state index in [1.807, 2.05) is 18.2 Å². The standard InChI is InChI=1S/C10H7ClO/c1-2-7-3-4-9-8(5-7)6-12-10(9)11/h2-6H,1H2. The summed E-state index contributed by atoms with van der Waals surface area (Å²) in [5, 5.41) is 2.40. The highest BCUT2D eigenvalue weighted by molar-refractivity contribution is 6.33. The number of rotatable bonds is 1. The highest BCUT2D eigenvalue weighted by Crippen LogP contribution is 2.26. The predicted molar refractivity (Wildman–Crippen MR) is 51.3 cm³/mol. The molecule has 0 amide bonds. The van der Waals surface area contributed by atoms with E-state index < -0.39 is 0 Å². The van der Waals surface area contributed by atoms with E-state index in [0.717, 1.165) is 16.3 Å². The minimum absolute atomic E-state index is 0.445. The molecule has 0 aliphatic rings. The molecule has 2 aromatic rings. The van der Waals surface area contributed by atoms with Crippen LogP contribution < -0.4 is 0 Å². The van der Waals surface area contributed by atoms with Gasteiger partial charge in [-0.15, -0.1) is 0 Å². The molecule has 0 unspecified atom stereocenters. The fourth-order valence-electron chi connectivity index (χ4n) is 1.16. The molecule has 60 valence electrons. The number of hydrogen-bond donors (Lipinski definition) is 0. The van der Waals surface area contributed by atoms with Crippen LogP contribution in [-0.4, -0.2) is 0 Å². The maximum atomic E-state index is 5.78. The Labute approximate surface area is 75.3 Å². The van der Waals surface area contributed by atoms with Crippen molar-refractivity contribution in [2.24, 2.45) is 0 Å². The number of benzene rings is 1. The predicted octanol–water partition coefficient (Wildman–Crippen LogP) is 3.73. The molecule has 0 bridgehead atoms. The van der Waals surface area contributed by atoms with Crippen molar-refractivity contribution in [2.45, 2.75) is 0 Å². The van der Waals surface area contributed by atoms with E-state index in [4.69, 9.17) is 16.0 Å². The molecule has 0 saturated heterocycles. The van der Waals surface area contributed by atoms with Gasteiger partial charge in [0, 0.05) is 10.8 Å². The highest BCUT2D eigenvalue weighted by atomic mass is 35.5. The van der Waals surface area contributed by atoms with E-state index in [2.05, 4.69) is 6.58 Å². The molecule has 1 aromatic carbocycles. The SMILES string of the molecule is C=Cc1ccc2c(Cl)occ2c1. The molecule has 2 heteroatoms. The van der Waals surface area contributed by atoms with Crippen LogP contribution in [0.5, 0.6) is 0 Å². The van der Waals surface area contributed by atoms with Gasteiger partial charge in [-0.2, -0.15) is 0 Å². The van der Waals surface area contributed by atoms with Crippen LogP contribution in [0.15, 0.2) is 35.5 Å². The molecule has 0 atom stereocenters. The van der Waals surface area contributed by atoms with Gasteiger partial charge in [0.2, 0.25) is 5.22 Å². The average molecular weight is 179 g/mol. The van der Waals surface area contributed by atoms with E-state index >= 15 is 0 Å². The van der Waals surface area contributed by atoms with Gasteiger partial charge in [0.1, 0.15) is 6.26 Å².